The van der Waals surface area contributed by atoms with E-state index in [-0.39, 0.29) is 6.04 Å². The van der Waals surface area contributed by atoms with Gasteiger partial charge in [0.25, 0.3) is 0 Å². The van der Waals surface area contributed by atoms with E-state index >= 15 is 0 Å². The van der Waals surface area contributed by atoms with Gasteiger partial charge in [-0.3, -0.25) is 0 Å². The lowest BCUT2D eigenvalue weighted by Crippen LogP contribution is -2.31. The molecule has 0 bridgehead atoms. The van der Waals surface area contributed by atoms with Crippen molar-refractivity contribution in [3.63, 3.8) is 0 Å². The van der Waals surface area contributed by atoms with Crippen molar-refractivity contribution in [3.8, 4) is 5.75 Å². The van der Waals surface area contributed by atoms with Gasteiger partial charge >= 0.3 is 0 Å². The molecule has 1 aromatic rings. The highest BCUT2D eigenvalue weighted by Crippen LogP contribution is 2.24. The first-order valence-corrected chi connectivity index (χ1v) is 7.50. The Bertz CT molecular complexity index is 396. The summed E-state index contributed by atoms with van der Waals surface area (Å²) in [5, 5.41) is 0. The Kier molecular flexibility index (Phi) is 6.83. The van der Waals surface area contributed by atoms with Gasteiger partial charge in [-0.2, -0.15) is 0 Å². The van der Waals surface area contributed by atoms with Gasteiger partial charge in [0.1, 0.15) is 5.75 Å². The van der Waals surface area contributed by atoms with Crippen molar-refractivity contribution in [1.82, 2.24) is 4.90 Å². The van der Waals surface area contributed by atoms with Crippen molar-refractivity contribution in [1.29, 1.82) is 0 Å². The highest BCUT2D eigenvalue weighted by molar-refractivity contribution is 9.10. The highest BCUT2D eigenvalue weighted by Gasteiger charge is 2.11. The molecule has 19 heavy (non-hydrogen) atoms. The van der Waals surface area contributed by atoms with Gasteiger partial charge in [-0.05, 0) is 44.1 Å². The van der Waals surface area contributed by atoms with Gasteiger partial charge in [-0.15, -0.1) is 0 Å². The molecule has 0 heterocycles. The van der Waals surface area contributed by atoms with Crippen LogP contribution >= 0.6 is 15.9 Å². The van der Waals surface area contributed by atoms with Crippen LogP contribution in [0.15, 0.2) is 22.7 Å². The quantitative estimate of drug-likeness (QED) is 0.834. The second-order valence-corrected chi connectivity index (χ2v) is 6.31. The number of halogens is 1. The van der Waals surface area contributed by atoms with Gasteiger partial charge < -0.3 is 15.4 Å². The van der Waals surface area contributed by atoms with Crippen molar-refractivity contribution in [3.05, 3.63) is 28.2 Å². The predicted octanol–water partition coefficient (Wildman–Crippen LogP) is 3.26. The number of ether oxygens (including phenoxy) is 1. The number of nitrogens with zero attached hydrogens (tertiary/aromatic N) is 1. The molecule has 3 nitrogen and oxygen atoms in total. The molecule has 1 rings (SSSR count). The molecule has 0 spiro atoms. The normalized spacial score (nSPS) is 13.1. The topological polar surface area (TPSA) is 38.5 Å². The molecule has 1 atom stereocenters. The first-order valence-electron chi connectivity index (χ1n) is 6.70. The molecule has 1 unspecified atom stereocenters. The summed E-state index contributed by atoms with van der Waals surface area (Å²) in [4.78, 5) is 2.28. The minimum Gasteiger partial charge on any atom is -0.496 e. The fraction of sp³-hybridized carbons (Fsp3) is 0.600. The third kappa shape index (κ3) is 5.51. The molecule has 0 aromatic heterocycles. The van der Waals surface area contributed by atoms with Crippen molar-refractivity contribution < 1.29 is 4.74 Å². The Morgan fingerprint density at radius 3 is 2.63 bits per heavy atom. The van der Waals surface area contributed by atoms with Crippen molar-refractivity contribution in [2.45, 2.75) is 32.9 Å². The first-order chi connectivity index (χ1) is 8.93. The molecule has 0 aliphatic rings. The van der Waals surface area contributed by atoms with Crippen LogP contribution in [0.5, 0.6) is 5.75 Å². The third-order valence-corrected chi connectivity index (χ3v) is 3.88. The molecule has 4 heteroatoms. The summed E-state index contributed by atoms with van der Waals surface area (Å²) in [6.07, 6.45) is 1.02. The van der Waals surface area contributed by atoms with Crippen molar-refractivity contribution >= 4 is 15.9 Å². The van der Waals surface area contributed by atoms with E-state index in [0.29, 0.717) is 5.92 Å². The van der Waals surface area contributed by atoms with Gasteiger partial charge in [0.2, 0.25) is 0 Å². The van der Waals surface area contributed by atoms with Gasteiger partial charge in [-0.1, -0.05) is 29.8 Å². The summed E-state index contributed by atoms with van der Waals surface area (Å²) in [7, 11) is 3.83. The molecule has 108 valence electrons. The molecule has 0 saturated heterocycles. The van der Waals surface area contributed by atoms with Gasteiger partial charge in [-0.25, -0.2) is 0 Å². The fourth-order valence-corrected chi connectivity index (χ4v) is 2.35. The SMILES string of the molecule is COc1ccc(Br)cc1CN(C)CCC(N)C(C)C. The molecule has 0 aliphatic carbocycles. The largest absolute Gasteiger partial charge is 0.496 e. The fourth-order valence-electron chi connectivity index (χ4n) is 1.94. The smallest absolute Gasteiger partial charge is 0.123 e. The molecule has 2 N–H and O–H groups in total. The van der Waals surface area contributed by atoms with Crippen LogP contribution in [0.25, 0.3) is 0 Å². The van der Waals surface area contributed by atoms with E-state index in [2.05, 4.69) is 47.8 Å². The van der Waals surface area contributed by atoms with E-state index in [4.69, 9.17) is 10.5 Å². The van der Waals surface area contributed by atoms with Crippen LogP contribution in [0.2, 0.25) is 0 Å². The van der Waals surface area contributed by atoms with Crippen LogP contribution in [0.4, 0.5) is 0 Å². The molecule has 1 aromatic carbocycles. The van der Waals surface area contributed by atoms with Gasteiger partial charge in [0.05, 0.1) is 7.11 Å². The zero-order chi connectivity index (χ0) is 14.4. The minimum atomic E-state index is 0.270. The van der Waals surface area contributed by atoms with Crippen molar-refractivity contribution in [2.75, 3.05) is 20.7 Å². The molecular formula is C15H25BrN2O. The minimum absolute atomic E-state index is 0.270. The second-order valence-electron chi connectivity index (χ2n) is 5.39. The lowest BCUT2D eigenvalue weighted by Gasteiger charge is -2.22. The lowest BCUT2D eigenvalue weighted by atomic mass is 10.0. The average molecular weight is 329 g/mol. The average Bonchev–Trinajstić information content (AvgIpc) is 2.36. The Balaban J connectivity index is 2.56. The molecule has 0 amide bonds. The van der Waals surface area contributed by atoms with E-state index < -0.39 is 0 Å². The van der Waals surface area contributed by atoms with E-state index in [1.807, 2.05) is 12.1 Å². The summed E-state index contributed by atoms with van der Waals surface area (Å²) in [6, 6.07) is 6.37. The molecule has 0 radical (unpaired) electrons. The summed E-state index contributed by atoms with van der Waals surface area (Å²) < 4.78 is 6.47. The number of nitrogens with two attached hydrogens (primary N) is 1. The number of methoxy groups -OCH3 is 1. The van der Waals surface area contributed by atoms with Crippen LogP contribution in [-0.4, -0.2) is 31.6 Å². The zero-order valence-corrected chi connectivity index (χ0v) is 13.9. The first kappa shape index (κ1) is 16.5. The summed E-state index contributed by atoms with van der Waals surface area (Å²) in [5.41, 5.74) is 7.27. The van der Waals surface area contributed by atoms with Crippen LogP contribution in [0.3, 0.4) is 0 Å². The van der Waals surface area contributed by atoms with Crippen LogP contribution in [0, 0.1) is 5.92 Å². The Morgan fingerprint density at radius 2 is 2.05 bits per heavy atom. The number of rotatable bonds is 7. The summed E-state index contributed by atoms with van der Waals surface area (Å²) in [6.45, 7) is 6.20. The van der Waals surface area contributed by atoms with Gasteiger partial charge in [0, 0.05) is 22.6 Å². The van der Waals surface area contributed by atoms with Crippen LogP contribution in [-0.2, 0) is 6.54 Å². The molecule has 0 saturated carbocycles. The zero-order valence-electron chi connectivity index (χ0n) is 12.3. The maximum atomic E-state index is 6.08. The number of hydrogen-bond acceptors (Lipinski definition) is 3. The number of benzene rings is 1. The molecular weight excluding hydrogens is 304 g/mol. The third-order valence-electron chi connectivity index (χ3n) is 3.38. The van der Waals surface area contributed by atoms with E-state index in [1.54, 1.807) is 7.11 Å². The second kappa shape index (κ2) is 7.88. The Hall–Kier alpha value is -0.580. The Morgan fingerprint density at radius 1 is 1.37 bits per heavy atom. The highest BCUT2D eigenvalue weighted by atomic mass is 79.9. The summed E-state index contributed by atoms with van der Waals surface area (Å²) in [5.74, 6) is 1.47. The monoisotopic (exact) mass is 328 g/mol. The van der Waals surface area contributed by atoms with E-state index in [0.717, 1.165) is 29.7 Å². The lowest BCUT2D eigenvalue weighted by molar-refractivity contribution is 0.291. The Labute approximate surface area is 125 Å². The van der Waals surface area contributed by atoms with Crippen LogP contribution < -0.4 is 10.5 Å². The predicted molar refractivity (Wildman–Crippen MR) is 84.5 cm³/mol. The summed E-state index contributed by atoms with van der Waals surface area (Å²) >= 11 is 3.50. The van der Waals surface area contributed by atoms with E-state index in [9.17, 15) is 0 Å². The maximum Gasteiger partial charge on any atom is 0.123 e. The molecule has 0 fully saturated rings. The van der Waals surface area contributed by atoms with Gasteiger partial charge in [0.15, 0.2) is 0 Å². The van der Waals surface area contributed by atoms with Crippen LogP contribution in [0.1, 0.15) is 25.8 Å². The van der Waals surface area contributed by atoms with Crippen molar-refractivity contribution in [2.24, 2.45) is 11.7 Å². The maximum absolute atomic E-state index is 6.08. The van der Waals surface area contributed by atoms with E-state index in [1.165, 1.54) is 5.56 Å². The number of hydrogen-bond donors (Lipinski definition) is 1. The standard InChI is InChI=1S/C15H25BrN2O/c1-11(2)14(17)7-8-18(3)10-12-9-13(16)5-6-15(12)19-4/h5-6,9,11,14H,7-8,10,17H2,1-4H3. The molecule has 0 aliphatic heterocycles.